The molecule has 0 saturated carbocycles. The predicted molar refractivity (Wildman–Crippen MR) is 100 cm³/mol. The van der Waals surface area contributed by atoms with E-state index in [2.05, 4.69) is 0 Å². The van der Waals surface area contributed by atoms with E-state index in [4.69, 9.17) is 19.3 Å². The van der Waals surface area contributed by atoms with E-state index in [1.165, 1.54) is 0 Å². The average Bonchev–Trinajstić information content (AvgIpc) is 3.58. The van der Waals surface area contributed by atoms with Crippen LogP contribution in [0.1, 0.15) is 32.8 Å². The van der Waals surface area contributed by atoms with Gasteiger partial charge in [0, 0.05) is 17.6 Å². The molecule has 0 amide bonds. The summed E-state index contributed by atoms with van der Waals surface area (Å²) in [5.41, 5.74) is 0.933. The lowest BCUT2D eigenvalue weighted by Gasteiger charge is -2.19. The first kappa shape index (κ1) is 23.3. The Morgan fingerprint density at radius 1 is 1.19 bits per heavy atom. The smallest absolute Gasteiger partial charge is 0.330 e. The van der Waals surface area contributed by atoms with Crippen molar-refractivity contribution in [2.45, 2.75) is 45.2 Å². The van der Waals surface area contributed by atoms with Gasteiger partial charge in [-0.3, -0.25) is 0 Å². The van der Waals surface area contributed by atoms with Gasteiger partial charge in [0.1, 0.15) is 12.2 Å². The Kier molecular flexibility index (Phi) is 10.2. The Morgan fingerprint density at radius 2 is 1.67 bits per heavy atom. The lowest BCUT2D eigenvalue weighted by molar-refractivity contribution is -0.171. The van der Waals surface area contributed by atoms with Crippen molar-refractivity contribution in [3.05, 3.63) is 47.5 Å². The summed E-state index contributed by atoms with van der Waals surface area (Å²) in [7, 11) is 0. The second kappa shape index (κ2) is 11.8. The molecule has 0 bridgehead atoms. The second-order valence-electron chi connectivity index (χ2n) is 6.26. The number of hydrogen-bond acceptors (Lipinski definition) is 6. The van der Waals surface area contributed by atoms with Gasteiger partial charge in [-0.05, 0) is 13.8 Å². The second-order valence-corrected chi connectivity index (χ2v) is 6.26. The van der Waals surface area contributed by atoms with Crippen molar-refractivity contribution in [3.8, 4) is 0 Å². The molecule has 3 N–H and O–H groups in total. The van der Waals surface area contributed by atoms with Gasteiger partial charge in [0.25, 0.3) is 0 Å². The number of benzene rings is 1. The fourth-order valence-electron chi connectivity index (χ4n) is 1.69. The normalized spacial score (nSPS) is 20.6. The van der Waals surface area contributed by atoms with E-state index in [1.54, 1.807) is 51.1 Å². The van der Waals surface area contributed by atoms with Crippen molar-refractivity contribution in [3.63, 3.8) is 0 Å². The number of rotatable bonds is 7. The zero-order valence-corrected chi connectivity index (χ0v) is 16.1. The highest BCUT2D eigenvalue weighted by Crippen LogP contribution is 2.20. The third-order valence-electron chi connectivity index (χ3n) is 3.91. The largest absolute Gasteiger partial charge is 0.478 e. The zero-order chi connectivity index (χ0) is 20.3. The Bertz CT molecular complexity index is 563. The van der Waals surface area contributed by atoms with E-state index in [9.17, 15) is 15.0 Å². The van der Waals surface area contributed by atoms with Crippen molar-refractivity contribution >= 4 is 5.97 Å². The van der Waals surface area contributed by atoms with Crippen LogP contribution in [-0.2, 0) is 24.8 Å². The number of carboxylic acids is 1. The summed E-state index contributed by atoms with van der Waals surface area (Å²) in [6, 6.07) is 8.81. The quantitative estimate of drug-likeness (QED) is 0.376. The summed E-state index contributed by atoms with van der Waals surface area (Å²) in [5.74, 6) is -2.51. The summed E-state index contributed by atoms with van der Waals surface area (Å²) >= 11 is 0. The highest BCUT2D eigenvalue weighted by Gasteiger charge is 2.26. The molecule has 0 radical (unpaired) electrons. The van der Waals surface area contributed by atoms with Crippen LogP contribution < -0.4 is 0 Å². The van der Waals surface area contributed by atoms with Crippen LogP contribution in [0.25, 0.3) is 0 Å². The van der Waals surface area contributed by atoms with Crippen molar-refractivity contribution in [1.82, 2.24) is 0 Å². The van der Waals surface area contributed by atoms with Gasteiger partial charge in [0.2, 0.25) is 0 Å². The lowest BCUT2D eigenvalue weighted by atomic mass is 10.0. The first-order valence-corrected chi connectivity index (χ1v) is 8.97. The molecule has 2 fully saturated rings. The van der Waals surface area contributed by atoms with Crippen LogP contribution >= 0.6 is 0 Å². The van der Waals surface area contributed by atoms with Gasteiger partial charge < -0.3 is 29.5 Å². The highest BCUT2D eigenvalue weighted by atomic mass is 16.6. The number of aliphatic carboxylic acids is 1. The average molecular weight is 382 g/mol. The molecule has 152 valence electrons. The third kappa shape index (κ3) is 10.8. The SMILES string of the molecule is C(OCC1CO1)C1CO1.CC=C(C)C(=O)O.CCC(O)(O)c1ccccc1. The Hall–Kier alpha value is -1.77. The molecule has 2 aliphatic rings. The minimum Gasteiger partial charge on any atom is -0.478 e. The topological polar surface area (TPSA) is 112 Å². The fraction of sp³-hybridized carbons (Fsp3) is 0.550. The Morgan fingerprint density at radius 3 is 1.96 bits per heavy atom. The van der Waals surface area contributed by atoms with Crippen LogP contribution in [0.5, 0.6) is 0 Å². The molecule has 3 rings (SSSR count). The molecular formula is C20H30O7. The highest BCUT2D eigenvalue weighted by molar-refractivity contribution is 5.85. The molecule has 0 aromatic heterocycles. The monoisotopic (exact) mass is 382 g/mol. The number of epoxide rings is 2. The van der Waals surface area contributed by atoms with Gasteiger partial charge in [0.15, 0.2) is 5.79 Å². The minimum atomic E-state index is -1.67. The van der Waals surface area contributed by atoms with E-state index < -0.39 is 11.8 Å². The number of carbonyl (C=O) groups is 1. The number of ether oxygens (including phenoxy) is 3. The van der Waals surface area contributed by atoms with Crippen LogP contribution in [0, 0.1) is 0 Å². The van der Waals surface area contributed by atoms with Gasteiger partial charge in [0.05, 0.1) is 26.4 Å². The summed E-state index contributed by atoms with van der Waals surface area (Å²) in [4.78, 5) is 9.86. The molecule has 1 aromatic carbocycles. The van der Waals surface area contributed by atoms with Crippen molar-refractivity contribution < 1.29 is 34.3 Å². The van der Waals surface area contributed by atoms with Crippen LogP contribution in [0.15, 0.2) is 42.0 Å². The molecule has 2 saturated heterocycles. The van der Waals surface area contributed by atoms with Crippen molar-refractivity contribution in [2.24, 2.45) is 0 Å². The molecule has 0 spiro atoms. The molecular weight excluding hydrogens is 352 g/mol. The molecule has 2 heterocycles. The van der Waals surface area contributed by atoms with Crippen LogP contribution in [0.2, 0.25) is 0 Å². The zero-order valence-electron chi connectivity index (χ0n) is 16.1. The molecule has 2 aliphatic heterocycles. The van der Waals surface area contributed by atoms with E-state index in [0.29, 0.717) is 29.8 Å². The van der Waals surface area contributed by atoms with Crippen molar-refractivity contribution in [2.75, 3.05) is 26.4 Å². The maximum atomic E-state index is 9.86. The van der Waals surface area contributed by atoms with E-state index >= 15 is 0 Å². The van der Waals surface area contributed by atoms with Gasteiger partial charge >= 0.3 is 5.97 Å². The maximum Gasteiger partial charge on any atom is 0.330 e. The summed E-state index contributed by atoms with van der Waals surface area (Å²) in [5, 5.41) is 26.8. The summed E-state index contributed by atoms with van der Waals surface area (Å²) in [6.07, 6.45) is 2.65. The van der Waals surface area contributed by atoms with Gasteiger partial charge in [-0.1, -0.05) is 43.3 Å². The van der Waals surface area contributed by atoms with E-state index in [-0.39, 0.29) is 0 Å². The Balaban J connectivity index is 0.000000208. The minimum absolute atomic E-state index is 0.303. The Labute approximate surface area is 160 Å². The molecule has 1 aromatic rings. The molecule has 2 unspecified atom stereocenters. The molecule has 2 atom stereocenters. The van der Waals surface area contributed by atoms with Crippen LogP contribution in [0.3, 0.4) is 0 Å². The van der Waals surface area contributed by atoms with E-state index in [0.717, 1.165) is 26.4 Å². The van der Waals surface area contributed by atoms with E-state index in [1.807, 2.05) is 6.07 Å². The first-order chi connectivity index (χ1) is 12.8. The van der Waals surface area contributed by atoms with Gasteiger partial charge in [-0.15, -0.1) is 0 Å². The first-order valence-electron chi connectivity index (χ1n) is 8.97. The summed E-state index contributed by atoms with van der Waals surface area (Å²) in [6.45, 7) is 8.25. The molecule has 7 heteroatoms. The standard InChI is InChI=1S/C9H12O2.C6H10O3.C5H8O2/c1-2-9(10,11)8-6-4-3-5-7-8;1(5-3-8-5)7-2-6-4-9-6;1-3-4(2)5(6)7/h3-7,10-11H,2H2,1H3;5-6H,1-4H2;3H,1-2H3,(H,6,7). The van der Waals surface area contributed by atoms with Gasteiger partial charge in [-0.2, -0.15) is 0 Å². The van der Waals surface area contributed by atoms with Crippen LogP contribution in [0.4, 0.5) is 0 Å². The lowest BCUT2D eigenvalue weighted by Crippen LogP contribution is -2.23. The predicted octanol–water partition coefficient (Wildman–Crippen LogP) is 2.07. The maximum absolute atomic E-state index is 9.86. The van der Waals surface area contributed by atoms with Crippen molar-refractivity contribution in [1.29, 1.82) is 0 Å². The number of allylic oxidation sites excluding steroid dienone is 1. The van der Waals surface area contributed by atoms with Crippen LogP contribution in [-0.4, -0.2) is 59.9 Å². The van der Waals surface area contributed by atoms with Gasteiger partial charge in [-0.25, -0.2) is 4.79 Å². The molecule has 7 nitrogen and oxygen atoms in total. The molecule has 0 aliphatic carbocycles. The third-order valence-corrected chi connectivity index (χ3v) is 3.91. The number of carboxylic acid groups (broad SMARTS) is 1. The summed E-state index contributed by atoms with van der Waals surface area (Å²) < 4.78 is 15.1. The fourth-order valence-corrected chi connectivity index (χ4v) is 1.69. The number of aliphatic hydroxyl groups is 2. The number of hydrogen-bond donors (Lipinski definition) is 3. The molecule has 27 heavy (non-hydrogen) atoms.